The van der Waals surface area contributed by atoms with Crippen molar-refractivity contribution >= 4 is 5.78 Å². The third-order valence-electron chi connectivity index (χ3n) is 2.79. The fourth-order valence-electron chi connectivity index (χ4n) is 1.68. The predicted molar refractivity (Wildman–Crippen MR) is 72.0 cm³/mol. The Bertz CT molecular complexity index is 544. The van der Waals surface area contributed by atoms with Crippen molar-refractivity contribution in [2.45, 2.75) is 13.3 Å². The number of ether oxygens (including phenoxy) is 1. The van der Waals surface area contributed by atoms with Gasteiger partial charge in [-0.05, 0) is 43.3 Å². The number of carbonyl (C=O) groups is 1. The van der Waals surface area contributed by atoms with E-state index in [4.69, 9.17) is 4.74 Å². The molecule has 0 unspecified atom stereocenters. The lowest BCUT2D eigenvalue weighted by Gasteiger charge is -2.06. The number of aryl methyl sites for hydroxylation is 1. The Hall–Kier alpha value is -2.16. The van der Waals surface area contributed by atoms with Crippen LogP contribution in [0.15, 0.2) is 48.5 Å². The summed E-state index contributed by atoms with van der Waals surface area (Å²) in [5.74, 6) is 0.358. The van der Waals surface area contributed by atoms with Crippen molar-refractivity contribution in [3.8, 4) is 5.75 Å². The van der Waals surface area contributed by atoms with Crippen LogP contribution in [0.4, 0.5) is 4.39 Å². The molecule has 0 aromatic heterocycles. The minimum absolute atomic E-state index is 0.0490. The van der Waals surface area contributed by atoms with Crippen LogP contribution in [0.1, 0.15) is 22.3 Å². The van der Waals surface area contributed by atoms with E-state index in [1.165, 1.54) is 24.3 Å². The molecule has 2 aromatic rings. The summed E-state index contributed by atoms with van der Waals surface area (Å²) in [7, 11) is 0. The summed E-state index contributed by atoms with van der Waals surface area (Å²) in [5.41, 5.74) is 1.67. The number of hydrogen-bond acceptors (Lipinski definition) is 2. The molecule has 0 spiro atoms. The van der Waals surface area contributed by atoms with Crippen molar-refractivity contribution in [1.29, 1.82) is 0 Å². The van der Waals surface area contributed by atoms with Crippen LogP contribution in [-0.4, -0.2) is 12.4 Å². The number of halogens is 1. The Balaban J connectivity index is 1.84. The van der Waals surface area contributed by atoms with Gasteiger partial charge in [0.1, 0.15) is 11.6 Å². The van der Waals surface area contributed by atoms with Gasteiger partial charge in [0, 0.05) is 12.0 Å². The molecule has 0 bridgehead atoms. The number of hydrogen-bond donors (Lipinski definition) is 0. The molecule has 0 aliphatic rings. The quantitative estimate of drug-likeness (QED) is 0.763. The zero-order chi connectivity index (χ0) is 13.7. The van der Waals surface area contributed by atoms with E-state index >= 15 is 0 Å². The molecule has 3 heteroatoms. The summed E-state index contributed by atoms with van der Waals surface area (Å²) >= 11 is 0. The number of Topliss-reactive ketones (excluding diaryl/α,β-unsaturated/α-hetero) is 1. The highest BCUT2D eigenvalue weighted by Gasteiger charge is 2.06. The van der Waals surface area contributed by atoms with E-state index < -0.39 is 0 Å². The van der Waals surface area contributed by atoms with Crippen molar-refractivity contribution in [1.82, 2.24) is 0 Å². The van der Waals surface area contributed by atoms with E-state index in [1.54, 1.807) is 0 Å². The first-order chi connectivity index (χ1) is 9.15. The van der Waals surface area contributed by atoms with Crippen molar-refractivity contribution in [3.05, 3.63) is 65.5 Å². The summed E-state index contributed by atoms with van der Waals surface area (Å²) in [6, 6.07) is 13.2. The summed E-state index contributed by atoms with van der Waals surface area (Å²) < 4.78 is 18.2. The molecule has 98 valence electrons. The van der Waals surface area contributed by atoms with Gasteiger partial charge in [-0.15, -0.1) is 0 Å². The molecule has 0 saturated carbocycles. The largest absolute Gasteiger partial charge is 0.493 e. The standard InChI is InChI=1S/C16H15FO2/c1-12-2-8-15(9-3-12)19-11-10-16(18)13-4-6-14(17)7-5-13/h2-9H,10-11H2,1H3. The molecule has 2 aromatic carbocycles. The van der Waals surface area contributed by atoms with Crippen LogP contribution in [0, 0.1) is 12.7 Å². The summed E-state index contributed by atoms with van der Waals surface area (Å²) in [6.07, 6.45) is 0.277. The lowest BCUT2D eigenvalue weighted by Crippen LogP contribution is -2.06. The van der Waals surface area contributed by atoms with Crippen LogP contribution in [0.25, 0.3) is 0 Å². The normalized spacial score (nSPS) is 10.2. The second-order valence-electron chi connectivity index (χ2n) is 4.34. The maximum atomic E-state index is 12.7. The molecule has 2 rings (SSSR count). The van der Waals surface area contributed by atoms with Gasteiger partial charge in [0.15, 0.2) is 5.78 Å². The molecule has 0 heterocycles. The summed E-state index contributed by atoms with van der Waals surface area (Å²) in [6.45, 7) is 2.32. The molecule has 0 radical (unpaired) electrons. The van der Waals surface area contributed by atoms with Crippen LogP contribution >= 0.6 is 0 Å². The topological polar surface area (TPSA) is 26.3 Å². The summed E-state index contributed by atoms with van der Waals surface area (Å²) in [4.78, 5) is 11.8. The highest BCUT2D eigenvalue weighted by atomic mass is 19.1. The van der Waals surface area contributed by atoms with Crippen molar-refractivity contribution in [2.24, 2.45) is 0 Å². The zero-order valence-corrected chi connectivity index (χ0v) is 10.7. The first kappa shape index (κ1) is 13.3. The van der Waals surface area contributed by atoms with E-state index in [2.05, 4.69) is 0 Å². The van der Waals surface area contributed by atoms with Gasteiger partial charge >= 0.3 is 0 Å². The van der Waals surface area contributed by atoms with E-state index in [0.717, 1.165) is 11.3 Å². The maximum absolute atomic E-state index is 12.7. The molecule has 0 aliphatic carbocycles. The van der Waals surface area contributed by atoms with Crippen LogP contribution in [0.3, 0.4) is 0 Å². The van der Waals surface area contributed by atoms with E-state index in [1.807, 2.05) is 31.2 Å². The van der Waals surface area contributed by atoms with Crippen LogP contribution in [0.5, 0.6) is 5.75 Å². The minimum atomic E-state index is -0.340. The number of rotatable bonds is 5. The van der Waals surface area contributed by atoms with Gasteiger partial charge in [0.25, 0.3) is 0 Å². The Morgan fingerprint density at radius 1 is 1.05 bits per heavy atom. The van der Waals surface area contributed by atoms with E-state index in [-0.39, 0.29) is 18.0 Å². The van der Waals surface area contributed by atoms with Crippen molar-refractivity contribution < 1.29 is 13.9 Å². The molecule has 19 heavy (non-hydrogen) atoms. The van der Waals surface area contributed by atoms with Gasteiger partial charge in [-0.3, -0.25) is 4.79 Å². The maximum Gasteiger partial charge on any atom is 0.166 e. The highest BCUT2D eigenvalue weighted by Crippen LogP contribution is 2.12. The third-order valence-corrected chi connectivity index (χ3v) is 2.79. The van der Waals surface area contributed by atoms with Crippen molar-refractivity contribution in [3.63, 3.8) is 0 Å². The molecule has 0 N–H and O–H groups in total. The second-order valence-corrected chi connectivity index (χ2v) is 4.34. The molecule has 0 fully saturated rings. The molecular formula is C16H15FO2. The van der Waals surface area contributed by atoms with Crippen LogP contribution < -0.4 is 4.74 Å². The van der Waals surface area contributed by atoms with Crippen molar-refractivity contribution in [2.75, 3.05) is 6.61 Å². The first-order valence-corrected chi connectivity index (χ1v) is 6.13. The molecule has 0 saturated heterocycles. The molecule has 0 atom stereocenters. The Labute approximate surface area is 111 Å². The lowest BCUT2D eigenvalue weighted by molar-refractivity contribution is 0.0962. The molecule has 0 amide bonds. The minimum Gasteiger partial charge on any atom is -0.493 e. The average Bonchev–Trinajstić information content (AvgIpc) is 2.41. The molecular weight excluding hydrogens is 243 g/mol. The Kier molecular flexibility index (Phi) is 4.29. The van der Waals surface area contributed by atoms with Gasteiger partial charge in [-0.25, -0.2) is 4.39 Å². The number of ketones is 1. The fourth-order valence-corrected chi connectivity index (χ4v) is 1.68. The number of benzene rings is 2. The summed E-state index contributed by atoms with van der Waals surface area (Å²) in [5, 5.41) is 0. The second kappa shape index (κ2) is 6.14. The van der Waals surface area contributed by atoms with Gasteiger partial charge in [-0.2, -0.15) is 0 Å². The molecule has 0 aliphatic heterocycles. The fraction of sp³-hybridized carbons (Fsp3) is 0.188. The zero-order valence-electron chi connectivity index (χ0n) is 10.7. The Morgan fingerprint density at radius 3 is 2.32 bits per heavy atom. The number of carbonyl (C=O) groups excluding carboxylic acids is 1. The highest BCUT2D eigenvalue weighted by molar-refractivity contribution is 5.96. The Morgan fingerprint density at radius 2 is 1.68 bits per heavy atom. The van der Waals surface area contributed by atoms with Crippen LogP contribution in [-0.2, 0) is 0 Å². The predicted octanol–water partition coefficient (Wildman–Crippen LogP) is 3.79. The van der Waals surface area contributed by atoms with Gasteiger partial charge in [0.2, 0.25) is 0 Å². The monoisotopic (exact) mass is 258 g/mol. The first-order valence-electron chi connectivity index (χ1n) is 6.13. The SMILES string of the molecule is Cc1ccc(OCCC(=O)c2ccc(F)cc2)cc1. The van der Waals surface area contributed by atoms with Gasteiger partial charge in [-0.1, -0.05) is 17.7 Å². The third kappa shape index (κ3) is 3.91. The lowest BCUT2D eigenvalue weighted by atomic mass is 10.1. The van der Waals surface area contributed by atoms with Crippen LogP contribution in [0.2, 0.25) is 0 Å². The van der Waals surface area contributed by atoms with E-state index in [9.17, 15) is 9.18 Å². The van der Waals surface area contributed by atoms with Gasteiger partial charge < -0.3 is 4.74 Å². The average molecular weight is 258 g/mol. The molecule has 2 nitrogen and oxygen atoms in total. The smallest absolute Gasteiger partial charge is 0.166 e. The van der Waals surface area contributed by atoms with E-state index in [0.29, 0.717) is 12.2 Å². The van der Waals surface area contributed by atoms with Gasteiger partial charge in [0.05, 0.1) is 6.61 Å².